The van der Waals surface area contributed by atoms with Crippen molar-refractivity contribution < 1.29 is 19.0 Å². The van der Waals surface area contributed by atoms with Crippen LogP contribution in [0.25, 0.3) is 0 Å². The van der Waals surface area contributed by atoms with Crippen molar-refractivity contribution in [2.45, 2.75) is 31.9 Å². The molecule has 1 N–H and O–H groups in total. The highest BCUT2D eigenvalue weighted by atomic mass is 16.6. The molecule has 1 saturated heterocycles. The number of pyridine rings is 2. The molecule has 2 aromatic heterocycles. The van der Waals surface area contributed by atoms with E-state index in [9.17, 15) is 4.79 Å². The Labute approximate surface area is 170 Å². The van der Waals surface area contributed by atoms with Gasteiger partial charge in [0, 0.05) is 26.2 Å². The summed E-state index contributed by atoms with van der Waals surface area (Å²) in [6.07, 6.45) is 3.59. The van der Waals surface area contributed by atoms with Crippen LogP contribution in [0.4, 0.5) is 0 Å². The second kappa shape index (κ2) is 8.65. The smallest absolute Gasteiger partial charge is 0.269 e. The van der Waals surface area contributed by atoms with Gasteiger partial charge >= 0.3 is 0 Å². The molecule has 2 aliphatic heterocycles. The van der Waals surface area contributed by atoms with Gasteiger partial charge in [0.25, 0.3) is 11.8 Å². The van der Waals surface area contributed by atoms with Gasteiger partial charge in [-0.15, -0.1) is 0 Å². The number of aromatic nitrogens is 2. The molecule has 0 spiro atoms. The lowest BCUT2D eigenvalue weighted by Gasteiger charge is -2.36. The van der Waals surface area contributed by atoms with Gasteiger partial charge in [-0.3, -0.25) is 9.69 Å². The molecule has 1 unspecified atom stereocenters. The first-order valence-corrected chi connectivity index (χ1v) is 9.99. The topological polar surface area (TPSA) is 85.8 Å². The lowest BCUT2D eigenvalue weighted by Crippen LogP contribution is -2.39. The van der Waals surface area contributed by atoms with Gasteiger partial charge < -0.3 is 19.5 Å². The standard InChI is InChI=1S/C21H26N4O4/c1-14(17-5-6-19-21(24-17)28-12-11-27-19)25-9-7-15(8-10-25)29-16-3-4-18(23-13-16)20(26)22-2/h3-6,13-15H,7-12H2,1-2H3,(H,22,26). The normalized spacial score (nSPS) is 18.1. The maximum Gasteiger partial charge on any atom is 0.269 e. The second-order valence-electron chi connectivity index (χ2n) is 7.22. The van der Waals surface area contributed by atoms with Crippen molar-refractivity contribution in [3.8, 4) is 17.4 Å². The summed E-state index contributed by atoms with van der Waals surface area (Å²) in [6.45, 7) is 5.12. The zero-order chi connectivity index (χ0) is 20.2. The average Bonchev–Trinajstić information content (AvgIpc) is 2.79. The van der Waals surface area contributed by atoms with Crippen LogP contribution in [0.2, 0.25) is 0 Å². The highest BCUT2D eigenvalue weighted by Gasteiger charge is 2.26. The number of piperidine rings is 1. The lowest BCUT2D eigenvalue weighted by molar-refractivity contribution is 0.0778. The third-order valence-corrected chi connectivity index (χ3v) is 5.38. The van der Waals surface area contributed by atoms with Gasteiger partial charge in [-0.1, -0.05) is 0 Å². The molecule has 154 valence electrons. The van der Waals surface area contributed by atoms with Gasteiger partial charge in [0.1, 0.15) is 30.8 Å². The van der Waals surface area contributed by atoms with Gasteiger partial charge in [0.05, 0.1) is 11.9 Å². The molecule has 2 aliphatic rings. The van der Waals surface area contributed by atoms with Crippen LogP contribution < -0.4 is 19.5 Å². The van der Waals surface area contributed by atoms with Crippen molar-refractivity contribution in [1.82, 2.24) is 20.2 Å². The molecule has 2 aromatic rings. The molecule has 8 heteroatoms. The van der Waals surface area contributed by atoms with Crippen molar-refractivity contribution >= 4 is 5.91 Å². The van der Waals surface area contributed by atoms with E-state index in [1.807, 2.05) is 12.1 Å². The van der Waals surface area contributed by atoms with Crippen LogP contribution in [-0.2, 0) is 0 Å². The predicted molar refractivity (Wildman–Crippen MR) is 106 cm³/mol. The summed E-state index contributed by atoms with van der Waals surface area (Å²) in [4.78, 5) is 22.8. The van der Waals surface area contributed by atoms with E-state index in [1.165, 1.54) is 0 Å². The molecule has 0 aromatic carbocycles. The van der Waals surface area contributed by atoms with E-state index in [0.717, 1.165) is 37.4 Å². The molecule has 1 atom stereocenters. The second-order valence-corrected chi connectivity index (χ2v) is 7.22. The molecule has 8 nitrogen and oxygen atoms in total. The zero-order valence-electron chi connectivity index (χ0n) is 16.8. The van der Waals surface area contributed by atoms with Gasteiger partial charge in [-0.05, 0) is 44.0 Å². The van der Waals surface area contributed by atoms with Crippen LogP contribution in [0.15, 0.2) is 30.5 Å². The van der Waals surface area contributed by atoms with Crippen LogP contribution in [-0.4, -0.2) is 60.2 Å². The molecule has 4 rings (SSSR count). The Morgan fingerprint density at radius 2 is 2.00 bits per heavy atom. The number of ether oxygens (including phenoxy) is 3. The Morgan fingerprint density at radius 3 is 2.72 bits per heavy atom. The number of carbonyl (C=O) groups is 1. The van der Waals surface area contributed by atoms with E-state index in [-0.39, 0.29) is 18.1 Å². The summed E-state index contributed by atoms with van der Waals surface area (Å²) in [7, 11) is 1.59. The summed E-state index contributed by atoms with van der Waals surface area (Å²) >= 11 is 0. The van der Waals surface area contributed by atoms with E-state index in [0.29, 0.717) is 30.5 Å². The van der Waals surface area contributed by atoms with Crippen LogP contribution in [0, 0.1) is 0 Å². The zero-order valence-corrected chi connectivity index (χ0v) is 16.8. The third kappa shape index (κ3) is 4.42. The number of rotatable bonds is 5. The number of likely N-dealkylation sites (tertiary alicyclic amines) is 1. The Bertz CT molecular complexity index is 850. The number of amides is 1. The summed E-state index contributed by atoms with van der Waals surface area (Å²) in [5, 5.41) is 2.56. The first-order valence-electron chi connectivity index (χ1n) is 9.99. The van der Waals surface area contributed by atoms with Crippen molar-refractivity contribution in [2.24, 2.45) is 0 Å². The van der Waals surface area contributed by atoms with Gasteiger partial charge in [-0.2, -0.15) is 0 Å². The van der Waals surface area contributed by atoms with E-state index >= 15 is 0 Å². The number of fused-ring (bicyclic) bond motifs is 1. The van der Waals surface area contributed by atoms with Gasteiger partial charge in [-0.25, -0.2) is 9.97 Å². The quantitative estimate of drug-likeness (QED) is 0.826. The molecule has 4 heterocycles. The van der Waals surface area contributed by atoms with Crippen molar-refractivity contribution in [3.63, 3.8) is 0 Å². The summed E-state index contributed by atoms with van der Waals surface area (Å²) < 4.78 is 17.2. The number of nitrogens with one attached hydrogen (secondary N) is 1. The Hall–Kier alpha value is -2.87. The number of hydrogen-bond acceptors (Lipinski definition) is 7. The van der Waals surface area contributed by atoms with Crippen molar-refractivity contribution in [3.05, 3.63) is 41.9 Å². The van der Waals surface area contributed by atoms with E-state index in [2.05, 4.69) is 27.1 Å². The van der Waals surface area contributed by atoms with Gasteiger partial charge in [0.15, 0.2) is 5.75 Å². The monoisotopic (exact) mass is 398 g/mol. The number of nitrogens with zero attached hydrogens (tertiary/aromatic N) is 3. The SMILES string of the molecule is CNC(=O)c1ccc(OC2CCN(C(C)c3ccc4c(n3)OCCO4)CC2)cn1. The fourth-order valence-electron chi connectivity index (χ4n) is 3.65. The molecular weight excluding hydrogens is 372 g/mol. The first kappa shape index (κ1) is 19.4. The number of hydrogen-bond donors (Lipinski definition) is 1. The average molecular weight is 398 g/mol. The molecule has 0 saturated carbocycles. The Kier molecular flexibility index (Phi) is 5.80. The minimum atomic E-state index is -0.202. The third-order valence-electron chi connectivity index (χ3n) is 5.38. The highest BCUT2D eigenvalue weighted by Crippen LogP contribution is 2.32. The fraction of sp³-hybridized carbons (Fsp3) is 0.476. The highest BCUT2D eigenvalue weighted by molar-refractivity contribution is 5.91. The number of carbonyl (C=O) groups excluding carboxylic acids is 1. The summed E-state index contributed by atoms with van der Waals surface area (Å²) in [5.74, 6) is 1.80. The molecular formula is C21H26N4O4. The van der Waals surface area contributed by atoms with E-state index < -0.39 is 0 Å². The Balaban J connectivity index is 1.31. The predicted octanol–water partition coefficient (Wildman–Crippen LogP) is 2.21. The molecule has 0 radical (unpaired) electrons. The maximum atomic E-state index is 11.6. The Morgan fingerprint density at radius 1 is 1.21 bits per heavy atom. The van der Waals surface area contributed by atoms with E-state index in [1.54, 1.807) is 25.4 Å². The fourth-order valence-corrected chi connectivity index (χ4v) is 3.65. The van der Waals surface area contributed by atoms with Crippen LogP contribution >= 0.6 is 0 Å². The molecule has 1 amide bonds. The molecule has 0 bridgehead atoms. The first-order chi connectivity index (χ1) is 14.1. The van der Waals surface area contributed by atoms with E-state index in [4.69, 9.17) is 14.2 Å². The molecule has 0 aliphatic carbocycles. The van der Waals surface area contributed by atoms with Crippen molar-refractivity contribution in [2.75, 3.05) is 33.4 Å². The molecule has 29 heavy (non-hydrogen) atoms. The summed E-state index contributed by atoms with van der Waals surface area (Å²) in [5.41, 5.74) is 1.37. The van der Waals surface area contributed by atoms with Crippen molar-refractivity contribution in [1.29, 1.82) is 0 Å². The van der Waals surface area contributed by atoms with Crippen LogP contribution in [0.1, 0.15) is 42.0 Å². The summed E-state index contributed by atoms with van der Waals surface area (Å²) in [6, 6.07) is 7.63. The van der Waals surface area contributed by atoms with Crippen LogP contribution in [0.5, 0.6) is 17.4 Å². The lowest BCUT2D eigenvalue weighted by atomic mass is 10.0. The maximum absolute atomic E-state index is 11.6. The minimum Gasteiger partial charge on any atom is -0.489 e. The molecule has 1 fully saturated rings. The minimum absolute atomic E-state index is 0.138. The van der Waals surface area contributed by atoms with Gasteiger partial charge in [0.2, 0.25) is 0 Å². The van der Waals surface area contributed by atoms with Crippen LogP contribution in [0.3, 0.4) is 0 Å². The largest absolute Gasteiger partial charge is 0.489 e.